The van der Waals surface area contributed by atoms with Gasteiger partial charge in [0.15, 0.2) is 0 Å². The second-order valence-electron chi connectivity index (χ2n) is 5.77. The second-order valence-corrected chi connectivity index (χ2v) is 6.59. The lowest BCUT2D eigenvalue weighted by molar-refractivity contribution is -0.138. The molecule has 0 saturated carbocycles. The van der Waals surface area contributed by atoms with Crippen molar-refractivity contribution in [3.8, 4) is 5.69 Å². The Hall–Kier alpha value is -2.12. The first-order valence-electron chi connectivity index (χ1n) is 8.23. The maximum Gasteiger partial charge on any atom is 0.323 e. The Bertz CT molecular complexity index is 802. The van der Waals surface area contributed by atoms with Crippen molar-refractivity contribution >= 4 is 35.1 Å². The Morgan fingerprint density at radius 1 is 1.27 bits per heavy atom. The summed E-state index contributed by atoms with van der Waals surface area (Å²) in [5, 5.41) is 14.1. The zero-order valence-corrected chi connectivity index (χ0v) is 16.3. The maximum atomic E-state index is 12.8. The Balaban J connectivity index is 2.50. The summed E-state index contributed by atoms with van der Waals surface area (Å²) in [5.74, 6) is -1.22. The van der Waals surface area contributed by atoms with E-state index in [4.69, 9.17) is 28.3 Å². The standard InChI is InChI=1S/C17H20Cl2N4O3/c1-4-10(3)22(9-14(24)25)17(26)16-20-13(5-2)23(21-16)15-11(18)7-6-8-12(15)19/h6-8,10H,4-5,9H2,1-3H3,(H,24,25). The third-order valence-electron chi connectivity index (χ3n) is 4.02. The number of aliphatic carboxylic acids is 1. The number of amides is 1. The number of rotatable bonds is 7. The summed E-state index contributed by atoms with van der Waals surface area (Å²) >= 11 is 12.5. The van der Waals surface area contributed by atoms with Crippen LogP contribution < -0.4 is 0 Å². The Labute approximate surface area is 161 Å². The van der Waals surface area contributed by atoms with Crippen LogP contribution in [0, 0.1) is 0 Å². The van der Waals surface area contributed by atoms with Gasteiger partial charge in [0.25, 0.3) is 5.91 Å². The first kappa shape index (κ1) is 20.2. The number of hydrogen-bond donors (Lipinski definition) is 1. The van der Waals surface area contributed by atoms with E-state index in [1.807, 2.05) is 13.8 Å². The highest BCUT2D eigenvalue weighted by atomic mass is 35.5. The number of carboxylic acid groups (broad SMARTS) is 1. The van der Waals surface area contributed by atoms with Crippen LogP contribution in [0.25, 0.3) is 5.69 Å². The van der Waals surface area contributed by atoms with Crippen LogP contribution in [0.4, 0.5) is 0 Å². The molecule has 0 saturated heterocycles. The Kier molecular flexibility index (Phi) is 6.61. The molecule has 7 nitrogen and oxygen atoms in total. The SMILES string of the molecule is CCc1nc(C(=O)N(CC(=O)O)C(C)CC)nn1-c1c(Cl)cccc1Cl. The molecule has 1 aromatic carbocycles. The van der Waals surface area contributed by atoms with E-state index < -0.39 is 18.4 Å². The molecule has 0 aliphatic rings. The van der Waals surface area contributed by atoms with E-state index >= 15 is 0 Å². The third kappa shape index (κ3) is 4.16. The minimum Gasteiger partial charge on any atom is -0.480 e. The summed E-state index contributed by atoms with van der Waals surface area (Å²) in [7, 11) is 0. The third-order valence-corrected chi connectivity index (χ3v) is 4.63. The first-order valence-corrected chi connectivity index (χ1v) is 8.98. The van der Waals surface area contributed by atoms with Crippen molar-refractivity contribution in [2.75, 3.05) is 6.54 Å². The summed E-state index contributed by atoms with van der Waals surface area (Å²) in [6, 6.07) is 4.78. The second kappa shape index (κ2) is 8.51. The maximum absolute atomic E-state index is 12.8. The number of halogens is 2. The zero-order valence-electron chi connectivity index (χ0n) is 14.7. The molecule has 2 rings (SSSR count). The van der Waals surface area contributed by atoms with Crippen LogP contribution in [0.1, 0.15) is 43.6 Å². The minimum atomic E-state index is -1.09. The van der Waals surface area contributed by atoms with Crippen molar-refractivity contribution in [1.29, 1.82) is 0 Å². The van der Waals surface area contributed by atoms with Crippen LogP contribution in [-0.4, -0.2) is 49.2 Å². The molecule has 1 N–H and O–H groups in total. The van der Waals surface area contributed by atoms with E-state index in [0.29, 0.717) is 34.4 Å². The molecule has 0 aliphatic carbocycles. The minimum absolute atomic E-state index is 0.0839. The number of nitrogens with zero attached hydrogens (tertiary/aromatic N) is 4. The lowest BCUT2D eigenvalue weighted by Gasteiger charge is -2.25. The van der Waals surface area contributed by atoms with Crippen molar-refractivity contribution < 1.29 is 14.7 Å². The first-order chi connectivity index (χ1) is 12.3. The highest BCUT2D eigenvalue weighted by molar-refractivity contribution is 6.37. The Morgan fingerprint density at radius 2 is 1.88 bits per heavy atom. The predicted octanol–water partition coefficient (Wildman–Crippen LogP) is 3.46. The van der Waals surface area contributed by atoms with Gasteiger partial charge >= 0.3 is 5.97 Å². The molecule has 26 heavy (non-hydrogen) atoms. The van der Waals surface area contributed by atoms with Gasteiger partial charge in [-0.1, -0.05) is 43.1 Å². The van der Waals surface area contributed by atoms with Gasteiger partial charge < -0.3 is 10.0 Å². The van der Waals surface area contributed by atoms with E-state index in [9.17, 15) is 9.59 Å². The molecule has 1 aromatic heterocycles. The van der Waals surface area contributed by atoms with Crippen LogP contribution in [0.3, 0.4) is 0 Å². The molecule has 0 spiro atoms. The summed E-state index contributed by atoms with van der Waals surface area (Å²) in [5.41, 5.74) is 0.438. The fraction of sp³-hybridized carbons (Fsp3) is 0.412. The number of carbonyl (C=O) groups is 2. The van der Waals surface area contributed by atoms with E-state index in [1.165, 1.54) is 9.58 Å². The molecular weight excluding hydrogens is 379 g/mol. The van der Waals surface area contributed by atoms with Gasteiger partial charge in [0, 0.05) is 12.5 Å². The number of para-hydroxylation sites is 1. The summed E-state index contributed by atoms with van der Waals surface area (Å²) in [6.45, 7) is 5.10. The number of carboxylic acids is 1. The van der Waals surface area contributed by atoms with Gasteiger partial charge in [-0.2, -0.15) is 0 Å². The summed E-state index contributed by atoms with van der Waals surface area (Å²) in [6.07, 6.45) is 1.10. The molecule has 1 heterocycles. The molecule has 1 unspecified atom stereocenters. The molecule has 9 heteroatoms. The van der Waals surface area contributed by atoms with Gasteiger partial charge in [0.05, 0.1) is 10.0 Å². The largest absolute Gasteiger partial charge is 0.480 e. The van der Waals surface area contributed by atoms with Gasteiger partial charge in [-0.05, 0) is 25.5 Å². The van der Waals surface area contributed by atoms with Gasteiger partial charge in [0.2, 0.25) is 5.82 Å². The van der Waals surface area contributed by atoms with Crippen molar-refractivity contribution in [2.45, 2.75) is 39.7 Å². The lowest BCUT2D eigenvalue weighted by Crippen LogP contribution is -2.42. The summed E-state index contributed by atoms with van der Waals surface area (Å²) < 4.78 is 1.44. The van der Waals surface area contributed by atoms with Gasteiger partial charge in [-0.3, -0.25) is 9.59 Å². The van der Waals surface area contributed by atoms with Crippen molar-refractivity contribution in [3.63, 3.8) is 0 Å². The summed E-state index contributed by atoms with van der Waals surface area (Å²) in [4.78, 5) is 29.5. The average Bonchev–Trinajstić information content (AvgIpc) is 3.02. The smallest absolute Gasteiger partial charge is 0.323 e. The van der Waals surface area contributed by atoms with Crippen LogP contribution in [0.2, 0.25) is 10.0 Å². The molecular formula is C17H20Cl2N4O3. The normalized spacial score (nSPS) is 12.0. The lowest BCUT2D eigenvalue weighted by atomic mass is 10.2. The van der Waals surface area contributed by atoms with Crippen molar-refractivity contribution in [3.05, 3.63) is 39.9 Å². The molecule has 0 bridgehead atoms. The Morgan fingerprint density at radius 3 is 2.38 bits per heavy atom. The fourth-order valence-corrected chi connectivity index (χ4v) is 3.01. The number of aromatic nitrogens is 3. The number of aryl methyl sites for hydroxylation is 1. The van der Waals surface area contributed by atoms with Crippen molar-refractivity contribution in [1.82, 2.24) is 19.7 Å². The van der Waals surface area contributed by atoms with Crippen molar-refractivity contribution in [2.24, 2.45) is 0 Å². The van der Waals surface area contributed by atoms with Gasteiger partial charge in [-0.25, -0.2) is 9.67 Å². The van der Waals surface area contributed by atoms with Gasteiger partial charge in [0.1, 0.15) is 18.1 Å². The van der Waals surface area contributed by atoms with Crippen LogP contribution in [0.15, 0.2) is 18.2 Å². The van der Waals surface area contributed by atoms with E-state index in [-0.39, 0.29) is 11.9 Å². The quantitative estimate of drug-likeness (QED) is 0.770. The van der Waals surface area contributed by atoms with E-state index in [2.05, 4.69) is 10.1 Å². The van der Waals surface area contributed by atoms with E-state index in [0.717, 1.165) is 0 Å². The predicted molar refractivity (Wildman–Crippen MR) is 99.2 cm³/mol. The van der Waals surface area contributed by atoms with E-state index in [1.54, 1.807) is 25.1 Å². The molecule has 0 aliphatic heterocycles. The fourth-order valence-electron chi connectivity index (χ4n) is 2.46. The molecule has 0 fully saturated rings. The number of benzene rings is 1. The highest BCUT2D eigenvalue weighted by Gasteiger charge is 2.27. The molecule has 2 aromatic rings. The number of carbonyl (C=O) groups excluding carboxylic acids is 1. The average molecular weight is 399 g/mol. The zero-order chi connectivity index (χ0) is 19.4. The molecule has 1 atom stereocenters. The van der Waals surface area contributed by atoms with Crippen LogP contribution >= 0.6 is 23.2 Å². The molecule has 140 valence electrons. The van der Waals surface area contributed by atoms with Crippen LogP contribution in [0.5, 0.6) is 0 Å². The molecule has 0 radical (unpaired) electrons. The monoisotopic (exact) mass is 398 g/mol. The highest BCUT2D eigenvalue weighted by Crippen LogP contribution is 2.29. The number of hydrogen-bond acceptors (Lipinski definition) is 4. The molecule has 1 amide bonds. The topological polar surface area (TPSA) is 88.3 Å². The van der Waals surface area contributed by atoms with Crippen LogP contribution in [-0.2, 0) is 11.2 Å². The van der Waals surface area contributed by atoms with Gasteiger partial charge in [-0.15, -0.1) is 5.10 Å².